The minimum absolute atomic E-state index is 0.154. The molecule has 0 atom stereocenters. The van der Waals surface area contributed by atoms with E-state index in [1.807, 2.05) is 30.3 Å². The van der Waals surface area contributed by atoms with Gasteiger partial charge in [-0.15, -0.1) is 0 Å². The monoisotopic (exact) mass is 594 g/mol. The maximum absolute atomic E-state index is 14.6. The van der Waals surface area contributed by atoms with E-state index in [1.165, 1.54) is 10.6 Å². The molecule has 1 N–H and O–H groups in total. The number of halogens is 2. The van der Waals surface area contributed by atoms with Crippen LogP contribution in [0, 0.1) is 11.6 Å². The molecule has 3 aromatic carbocycles. The van der Waals surface area contributed by atoms with E-state index in [-0.39, 0.29) is 17.9 Å². The van der Waals surface area contributed by atoms with Crippen molar-refractivity contribution >= 4 is 16.6 Å². The van der Waals surface area contributed by atoms with Crippen LogP contribution in [-0.2, 0) is 24.4 Å². The molecule has 5 rings (SSSR count). The largest absolute Gasteiger partial charge is 0.454 e. The number of benzene rings is 3. The molecule has 0 saturated carbocycles. The number of ether oxygens (including phenoxy) is 1. The van der Waals surface area contributed by atoms with Gasteiger partial charge in [0.05, 0.1) is 0 Å². The fraction of sp³-hybridized carbons (Fsp3) is 0.258. The first-order valence-electron chi connectivity index (χ1n) is 13.6. The number of nitrogens with one attached hydrogen (secondary N) is 1. The van der Waals surface area contributed by atoms with Crippen molar-refractivity contribution in [2.75, 3.05) is 44.7 Å². The second-order valence-electron chi connectivity index (χ2n) is 10.3. The summed E-state index contributed by atoms with van der Waals surface area (Å²) in [5.41, 5.74) is 4.39. The minimum Gasteiger partial charge on any atom is -0.454 e. The predicted molar refractivity (Wildman–Crippen MR) is 161 cm³/mol. The van der Waals surface area contributed by atoms with Crippen molar-refractivity contribution in [3.05, 3.63) is 100 Å². The Morgan fingerprint density at radius 1 is 0.833 bits per heavy atom. The lowest BCUT2D eigenvalue weighted by Gasteiger charge is -2.34. The van der Waals surface area contributed by atoms with Crippen molar-refractivity contribution in [3.63, 3.8) is 0 Å². The van der Waals surface area contributed by atoms with Crippen LogP contribution < -0.4 is 19.9 Å². The molecule has 0 amide bonds. The van der Waals surface area contributed by atoms with Gasteiger partial charge in [-0.1, -0.05) is 18.2 Å². The van der Waals surface area contributed by atoms with Crippen LogP contribution in [0.1, 0.15) is 5.56 Å². The Morgan fingerprint density at radius 2 is 1.55 bits per heavy atom. The van der Waals surface area contributed by atoms with E-state index in [2.05, 4.69) is 21.6 Å². The average Bonchev–Trinajstić information content (AvgIpc) is 2.97. The summed E-state index contributed by atoms with van der Waals surface area (Å²) in [5, 5.41) is 0. The molecule has 42 heavy (non-hydrogen) atoms. The Hall–Kier alpha value is -4.06. The van der Waals surface area contributed by atoms with Gasteiger partial charge in [0, 0.05) is 74.9 Å². The van der Waals surface area contributed by atoms with Crippen LogP contribution >= 0.6 is 0 Å². The number of likely N-dealkylation sites (N-methyl/N-ethyl adjacent to an activating group) is 1. The molecule has 1 saturated heterocycles. The van der Waals surface area contributed by atoms with Gasteiger partial charge in [-0.05, 0) is 66.6 Å². The number of piperazine rings is 1. The smallest absolute Gasteiger partial charge is 0.250 e. The molecular weight excluding hydrogens is 562 g/mol. The second kappa shape index (κ2) is 12.8. The number of aromatic nitrogens is 1. The normalized spacial score (nSPS) is 14.0. The van der Waals surface area contributed by atoms with Gasteiger partial charge in [0.2, 0.25) is 10.9 Å². The second-order valence-corrected chi connectivity index (χ2v) is 11.1. The number of aryl methyl sites for hydroxylation is 1. The van der Waals surface area contributed by atoms with Crippen molar-refractivity contribution in [1.29, 1.82) is 0 Å². The number of rotatable bonds is 9. The van der Waals surface area contributed by atoms with E-state index in [0.717, 1.165) is 55.1 Å². The summed E-state index contributed by atoms with van der Waals surface area (Å²) in [5.74, 6) is -1.44. The van der Waals surface area contributed by atoms with Gasteiger partial charge in [0.25, 0.3) is 5.56 Å². The molecule has 220 valence electrons. The van der Waals surface area contributed by atoms with E-state index in [4.69, 9.17) is 4.74 Å². The highest BCUT2D eigenvalue weighted by molar-refractivity contribution is 7.70. The third kappa shape index (κ3) is 6.87. The Labute approximate surface area is 244 Å². The van der Waals surface area contributed by atoms with E-state index in [0.29, 0.717) is 28.9 Å². The molecule has 1 fully saturated rings. The molecule has 0 aliphatic carbocycles. The number of anilines is 1. The molecular formula is C31H32F2N4O4S. The van der Waals surface area contributed by atoms with E-state index in [1.54, 1.807) is 31.4 Å². The highest BCUT2D eigenvalue weighted by Gasteiger charge is 2.19. The molecule has 1 aliphatic rings. The average molecular weight is 595 g/mol. The third-order valence-corrected chi connectivity index (χ3v) is 7.86. The molecule has 8 nitrogen and oxygen atoms in total. The summed E-state index contributed by atoms with van der Waals surface area (Å²) < 4.78 is 60.0. The molecule has 11 heteroatoms. The topological polar surface area (TPSA) is 83.9 Å². The molecule has 4 aromatic rings. The van der Waals surface area contributed by atoms with Crippen LogP contribution in [-0.4, -0.2) is 57.7 Å². The fourth-order valence-corrected chi connectivity index (χ4v) is 5.29. The number of pyridine rings is 1. The lowest BCUT2D eigenvalue weighted by molar-refractivity contribution is 0.313. The highest BCUT2D eigenvalue weighted by Crippen LogP contribution is 2.40. The van der Waals surface area contributed by atoms with Crippen LogP contribution in [0.5, 0.6) is 11.5 Å². The van der Waals surface area contributed by atoms with Crippen LogP contribution in [0.15, 0.2) is 77.7 Å². The zero-order valence-electron chi connectivity index (χ0n) is 23.3. The Balaban J connectivity index is 1.58. The first kappa shape index (κ1) is 29.4. The van der Waals surface area contributed by atoms with Crippen LogP contribution in [0.25, 0.3) is 22.3 Å². The number of hydrogen-bond donors (Lipinski definition) is 2. The van der Waals surface area contributed by atoms with Crippen LogP contribution in [0.3, 0.4) is 0 Å². The van der Waals surface area contributed by atoms with Crippen molar-refractivity contribution < 1.29 is 21.9 Å². The van der Waals surface area contributed by atoms with Crippen molar-refractivity contribution in [2.45, 2.75) is 6.42 Å². The lowest BCUT2D eigenvalue weighted by atomic mass is 9.94. The van der Waals surface area contributed by atoms with E-state index < -0.39 is 22.5 Å². The summed E-state index contributed by atoms with van der Waals surface area (Å²) in [6, 6.07) is 17.9. The molecule has 0 spiro atoms. The van der Waals surface area contributed by atoms with E-state index in [9.17, 15) is 22.0 Å². The summed E-state index contributed by atoms with van der Waals surface area (Å²) in [6.07, 6.45) is 2.09. The Kier molecular flexibility index (Phi) is 9.00. The Morgan fingerprint density at radius 3 is 2.24 bits per heavy atom. The number of hydrogen-bond acceptors (Lipinski definition) is 6. The quantitative estimate of drug-likeness (QED) is 0.283. The summed E-state index contributed by atoms with van der Waals surface area (Å²) in [6.45, 7) is 4.01. The minimum atomic E-state index is -2.74. The summed E-state index contributed by atoms with van der Waals surface area (Å²) >= 11 is 0. The van der Waals surface area contributed by atoms with Gasteiger partial charge >= 0.3 is 0 Å². The zero-order chi connectivity index (χ0) is 29.8. The standard InChI is InChI=1S/C31H32F2N4O4S/c1-35-13-15-37(16-14-35)24-7-4-22(5-8-24)25-19-31(38)36(2)20-27(25)26-17-21(11-12-34-42(39)40)3-9-29(26)41-30-10-6-23(32)18-28(30)33/h3-10,17-20,42H,11-16H2,1-2H3,(H,34,39,40). The predicted octanol–water partition coefficient (Wildman–Crippen LogP) is 4.20. The van der Waals surface area contributed by atoms with Gasteiger partial charge < -0.3 is 19.1 Å². The molecule has 2 heterocycles. The van der Waals surface area contributed by atoms with Gasteiger partial charge in [-0.2, -0.15) is 0 Å². The first-order valence-corrected chi connectivity index (χ1v) is 14.7. The van der Waals surface area contributed by atoms with E-state index >= 15 is 0 Å². The molecule has 0 unspecified atom stereocenters. The highest BCUT2D eigenvalue weighted by atomic mass is 32.2. The van der Waals surface area contributed by atoms with Crippen molar-refractivity contribution in [1.82, 2.24) is 14.2 Å². The third-order valence-electron chi connectivity index (χ3n) is 7.38. The van der Waals surface area contributed by atoms with Gasteiger partial charge in [0.1, 0.15) is 11.6 Å². The van der Waals surface area contributed by atoms with Gasteiger partial charge in [-0.3, -0.25) is 4.79 Å². The first-order chi connectivity index (χ1) is 20.2. The molecule has 0 radical (unpaired) electrons. The fourth-order valence-electron chi connectivity index (χ4n) is 5.00. The summed E-state index contributed by atoms with van der Waals surface area (Å²) in [4.78, 5) is 17.4. The van der Waals surface area contributed by atoms with Crippen LogP contribution in [0.4, 0.5) is 14.5 Å². The Bertz CT molecular complexity index is 1710. The van der Waals surface area contributed by atoms with Gasteiger partial charge in [-0.25, -0.2) is 21.9 Å². The zero-order valence-corrected chi connectivity index (χ0v) is 24.2. The molecule has 0 bridgehead atoms. The van der Waals surface area contributed by atoms with Crippen molar-refractivity contribution in [2.24, 2.45) is 7.05 Å². The maximum atomic E-state index is 14.6. The molecule has 1 aromatic heterocycles. The lowest BCUT2D eigenvalue weighted by Crippen LogP contribution is -2.44. The maximum Gasteiger partial charge on any atom is 0.250 e. The number of thiol groups is 1. The number of nitrogens with zero attached hydrogens (tertiary/aromatic N) is 3. The van der Waals surface area contributed by atoms with Crippen molar-refractivity contribution in [3.8, 4) is 33.8 Å². The van der Waals surface area contributed by atoms with Gasteiger partial charge in [0.15, 0.2) is 11.6 Å². The van der Waals surface area contributed by atoms with Crippen LogP contribution in [0.2, 0.25) is 0 Å². The summed E-state index contributed by atoms with van der Waals surface area (Å²) in [7, 11) is 1.01. The molecule has 1 aliphatic heterocycles. The SMILES string of the molecule is CN1CCN(c2ccc(-c3cc(=O)n(C)cc3-c3cc(CCN[SH](=O)=O)ccc3Oc3ccc(F)cc3F)cc2)CC1.